The Bertz CT molecular complexity index is 967. The third-order valence-corrected chi connectivity index (χ3v) is 22.8. The number of rotatable bonds is 8. The Labute approximate surface area is 242 Å². The van der Waals surface area contributed by atoms with Crippen LogP contribution in [-0.2, 0) is 18.0 Å². The highest BCUT2D eigenvalue weighted by Crippen LogP contribution is 2.45. The SMILES string of the molecule is CC(C)(C)[Si](C)(C)OC[C@H]1O[C@H](c2ccc(Cl)cc2)C=C(O[Si](C)(C)C(C)(C)C)[C@@H]1O[Si](C)(C)C(C)(C)C. The summed E-state index contributed by atoms with van der Waals surface area (Å²) in [6, 6.07) is 7.91. The Morgan fingerprint density at radius 2 is 1.21 bits per heavy atom. The zero-order chi connectivity index (χ0) is 29.5. The Morgan fingerprint density at radius 3 is 1.66 bits per heavy atom. The van der Waals surface area contributed by atoms with Crippen LogP contribution in [0.15, 0.2) is 36.1 Å². The van der Waals surface area contributed by atoms with Crippen molar-refractivity contribution in [3.63, 3.8) is 0 Å². The Kier molecular flexibility index (Phi) is 10.2. The van der Waals surface area contributed by atoms with Gasteiger partial charge in [-0.2, -0.15) is 0 Å². The van der Waals surface area contributed by atoms with Crippen LogP contribution in [0.3, 0.4) is 0 Å². The van der Waals surface area contributed by atoms with Crippen molar-refractivity contribution >= 4 is 36.6 Å². The first kappa shape index (κ1) is 33.8. The third-order valence-electron chi connectivity index (χ3n) is 9.28. The van der Waals surface area contributed by atoms with E-state index in [1.54, 1.807) is 0 Å². The second-order valence-electron chi connectivity index (χ2n) is 15.4. The van der Waals surface area contributed by atoms with Crippen LogP contribution in [-0.4, -0.2) is 43.8 Å². The fourth-order valence-corrected chi connectivity index (χ4v) is 6.83. The molecule has 0 unspecified atom stereocenters. The molecule has 38 heavy (non-hydrogen) atoms. The van der Waals surface area contributed by atoms with E-state index in [1.165, 1.54) is 0 Å². The minimum absolute atomic E-state index is 0.0486. The lowest BCUT2D eigenvalue weighted by Gasteiger charge is -2.47. The molecule has 0 spiro atoms. The molecular weight excluding hydrogens is 544 g/mol. The van der Waals surface area contributed by atoms with Crippen molar-refractivity contribution < 1.29 is 18.0 Å². The van der Waals surface area contributed by atoms with E-state index < -0.39 is 25.0 Å². The van der Waals surface area contributed by atoms with Crippen molar-refractivity contribution in [1.82, 2.24) is 0 Å². The van der Waals surface area contributed by atoms with Gasteiger partial charge in [0.05, 0.1) is 6.61 Å². The van der Waals surface area contributed by atoms with Gasteiger partial charge in [0.25, 0.3) is 0 Å². The van der Waals surface area contributed by atoms with Gasteiger partial charge in [0.2, 0.25) is 8.32 Å². The molecule has 0 radical (unpaired) electrons. The van der Waals surface area contributed by atoms with Gasteiger partial charge in [0, 0.05) is 5.02 Å². The first-order valence-corrected chi connectivity index (χ1v) is 23.1. The Morgan fingerprint density at radius 1 is 0.737 bits per heavy atom. The fraction of sp³-hybridized carbons (Fsp3) is 0.733. The van der Waals surface area contributed by atoms with Gasteiger partial charge in [-0.1, -0.05) is 86.0 Å². The summed E-state index contributed by atoms with van der Waals surface area (Å²) in [7, 11) is -6.33. The van der Waals surface area contributed by atoms with E-state index in [9.17, 15) is 0 Å². The zero-order valence-electron chi connectivity index (χ0n) is 26.8. The van der Waals surface area contributed by atoms with E-state index in [2.05, 4.69) is 108 Å². The van der Waals surface area contributed by atoms with E-state index in [4.69, 9.17) is 29.6 Å². The van der Waals surface area contributed by atoms with E-state index in [-0.39, 0.29) is 33.4 Å². The summed E-state index contributed by atoms with van der Waals surface area (Å²) in [4.78, 5) is 0. The van der Waals surface area contributed by atoms with E-state index in [1.807, 2.05) is 24.3 Å². The van der Waals surface area contributed by atoms with Crippen LogP contribution in [0, 0.1) is 0 Å². The van der Waals surface area contributed by atoms with Crippen LogP contribution >= 0.6 is 11.6 Å². The van der Waals surface area contributed by atoms with Crippen molar-refractivity contribution in [3.05, 3.63) is 46.7 Å². The van der Waals surface area contributed by atoms with Crippen LogP contribution in [0.4, 0.5) is 0 Å². The average molecular weight is 599 g/mol. The number of halogens is 1. The lowest BCUT2D eigenvalue weighted by Crippen LogP contribution is -2.54. The number of hydrogen-bond donors (Lipinski definition) is 0. The molecule has 1 aromatic rings. The van der Waals surface area contributed by atoms with E-state index >= 15 is 0 Å². The molecule has 1 aliphatic rings. The summed E-state index contributed by atoms with van der Waals surface area (Å²) in [6.07, 6.45) is 1.27. The van der Waals surface area contributed by atoms with Crippen LogP contribution in [0.5, 0.6) is 0 Å². The Balaban J connectivity index is 2.62. The molecule has 0 N–H and O–H groups in total. The van der Waals surface area contributed by atoms with Gasteiger partial charge in [0.1, 0.15) is 24.1 Å². The van der Waals surface area contributed by atoms with Gasteiger partial charge in [-0.15, -0.1) is 0 Å². The summed E-state index contributed by atoms with van der Waals surface area (Å²) in [5.74, 6) is 0.899. The van der Waals surface area contributed by atoms with Gasteiger partial charge >= 0.3 is 0 Å². The maximum absolute atomic E-state index is 7.14. The fourth-order valence-electron chi connectivity index (χ4n) is 3.36. The van der Waals surface area contributed by atoms with Crippen molar-refractivity contribution in [2.24, 2.45) is 0 Å². The summed E-state index contributed by atoms with van der Waals surface area (Å²) < 4.78 is 27.8. The van der Waals surface area contributed by atoms with Gasteiger partial charge < -0.3 is 18.0 Å². The molecule has 218 valence electrons. The quantitative estimate of drug-likeness (QED) is 0.279. The molecule has 8 heteroatoms. The maximum atomic E-state index is 7.14. The molecule has 0 aliphatic carbocycles. The molecular formula is C30H55ClO4Si3. The van der Waals surface area contributed by atoms with Crippen molar-refractivity contribution in [1.29, 1.82) is 0 Å². The number of benzene rings is 1. The van der Waals surface area contributed by atoms with Crippen molar-refractivity contribution in [3.8, 4) is 0 Å². The van der Waals surface area contributed by atoms with Gasteiger partial charge in [0.15, 0.2) is 16.6 Å². The summed E-state index contributed by atoms with van der Waals surface area (Å²) in [5.41, 5.74) is 1.05. The number of ether oxygens (including phenoxy) is 1. The summed E-state index contributed by atoms with van der Waals surface area (Å²) in [5, 5.41) is 0.913. The van der Waals surface area contributed by atoms with E-state index in [0.29, 0.717) is 11.6 Å². The minimum atomic E-state index is -2.16. The lowest BCUT2D eigenvalue weighted by molar-refractivity contribution is -0.0907. The molecule has 1 aliphatic heterocycles. The average Bonchev–Trinajstić information content (AvgIpc) is 2.71. The highest BCUT2D eigenvalue weighted by molar-refractivity contribution is 6.75. The summed E-state index contributed by atoms with van der Waals surface area (Å²) in [6.45, 7) is 34.7. The molecule has 1 heterocycles. The van der Waals surface area contributed by atoms with Gasteiger partial charge in [-0.25, -0.2) is 0 Å². The largest absolute Gasteiger partial charge is 0.545 e. The molecule has 0 saturated heterocycles. The van der Waals surface area contributed by atoms with E-state index in [0.717, 1.165) is 11.3 Å². The second kappa shape index (κ2) is 11.5. The highest BCUT2D eigenvalue weighted by Gasteiger charge is 2.48. The molecule has 3 atom stereocenters. The van der Waals surface area contributed by atoms with Crippen molar-refractivity contribution in [2.45, 2.75) is 135 Å². The van der Waals surface area contributed by atoms with Crippen LogP contribution in [0.25, 0.3) is 0 Å². The highest BCUT2D eigenvalue weighted by atomic mass is 35.5. The standard InChI is InChI=1S/C30H55ClO4Si3/c1-28(2,3)36(10,11)32-21-26-27(35-38(14,15)30(7,8)9)25(34-37(12,13)29(4,5)6)20-24(33-26)22-16-18-23(31)19-17-22/h16-20,24,26-27H,21H2,1-15H3/t24-,26+,27-/m0/s1. The molecule has 0 amide bonds. The molecule has 0 aromatic heterocycles. The topological polar surface area (TPSA) is 36.9 Å². The van der Waals surface area contributed by atoms with Crippen LogP contribution in [0.2, 0.25) is 59.4 Å². The van der Waals surface area contributed by atoms with Crippen LogP contribution in [0.1, 0.15) is 74.0 Å². The predicted octanol–water partition coefficient (Wildman–Crippen LogP) is 10.1. The smallest absolute Gasteiger partial charge is 0.250 e. The van der Waals surface area contributed by atoms with Gasteiger partial charge in [-0.3, -0.25) is 0 Å². The molecule has 0 bridgehead atoms. The normalized spacial score (nSPS) is 22.3. The first-order valence-electron chi connectivity index (χ1n) is 14.0. The summed E-state index contributed by atoms with van der Waals surface area (Å²) >= 11 is 6.22. The second-order valence-corrected chi connectivity index (χ2v) is 30.2. The van der Waals surface area contributed by atoms with Crippen LogP contribution < -0.4 is 0 Å². The number of hydrogen-bond acceptors (Lipinski definition) is 4. The lowest BCUT2D eigenvalue weighted by atomic mass is 10.0. The van der Waals surface area contributed by atoms with Gasteiger partial charge in [-0.05, 0) is 78.2 Å². The Hall–Kier alpha value is -0.419. The molecule has 0 fully saturated rings. The predicted molar refractivity (Wildman–Crippen MR) is 171 cm³/mol. The molecule has 0 saturated carbocycles. The zero-order valence-corrected chi connectivity index (χ0v) is 30.6. The monoisotopic (exact) mass is 598 g/mol. The third kappa shape index (κ3) is 8.08. The first-order chi connectivity index (χ1) is 16.9. The molecule has 2 rings (SSSR count). The molecule has 4 nitrogen and oxygen atoms in total. The molecule has 1 aromatic carbocycles. The maximum Gasteiger partial charge on any atom is 0.250 e. The minimum Gasteiger partial charge on any atom is -0.545 e. The van der Waals surface area contributed by atoms with Crippen molar-refractivity contribution in [2.75, 3.05) is 6.61 Å².